The van der Waals surface area contributed by atoms with Crippen LogP contribution in [0.2, 0.25) is 0 Å². The highest BCUT2D eigenvalue weighted by atomic mass is 16.5. The molecule has 0 aromatic carbocycles. The minimum Gasteiger partial charge on any atom is -0.383 e. The zero-order valence-corrected chi connectivity index (χ0v) is 10.7. The van der Waals surface area contributed by atoms with E-state index in [0.717, 1.165) is 31.5 Å². The summed E-state index contributed by atoms with van der Waals surface area (Å²) in [6, 6.07) is 0.683. The first-order chi connectivity index (χ1) is 7.81. The number of nitrogens with one attached hydrogen (secondary N) is 1. The molecule has 1 heterocycles. The van der Waals surface area contributed by atoms with Crippen LogP contribution >= 0.6 is 0 Å². The average molecular weight is 226 g/mol. The number of fused-ring (bicyclic) bond motifs is 1. The van der Waals surface area contributed by atoms with Crippen LogP contribution in [0, 0.1) is 11.8 Å². The van der Waals surface area contributed by atoms with Crippen molar-refractivity contribution >= 4 is 0 Å². The maximum absolute atomic E-state index is 5.03. The van der Waals surface area contributed by atoms with Gasteiger partial charge in [-0.2, -0.15) is 0 Å². The Morgan fingerprint density at radius 3 is 2.62 bits per heavy atom. The molecule has 0 aromatic heterocycles. The molecule has 2 aliphatic rings. The van der Waals surface area contributed by atoms with E-state index >= 15 is 0 Å². The van der Waals surface area contributed by atoms with Gasteiger partial charge < -0.3 is 10.1 Å². The Hall–Kier alpha value is -0.120. The lowest BCUT2D eigenvalue weighted by atomic mass is 10.0. The van der Waals surface area contributed by atoms with E-state index in [1.165, 1.54) is 32.4 Å². The van der Waals surface area contributed by atoms with Gasteiger partial charge >= 0.3 is 0 Å². The maximum Gasteiger partial charge on any atom is 0.0587 e. The number of hydrogen-bond donors (Lipinski definition) is 1. The van der Waals surface area contributed by atoms with Crippen LogP contribution in [0.25, 0.3) is 0 Å². The molecule has 2 rings (SSSR count). The Labute approximate surface area is 99.5 Å². The lowest BCUT2D eigenvalue weighted by Crippen LogP contribution is -2.40. The van der Waals surface area contributed by atoms with Gasteiger partial charge in [0.2, 0.25) is 0 Å². The molecule has 1 saturated heterocycles. The Kier molecular flexibility index (Phi) is 4.62. The van der Waals surface area contributed by atoms with Gasteiger partial charge in [0.25, 0.3) is 0 Å². The van der Waals surface area contributed by atoms with Crippen molar-refractivity contribution < 1.29 is 4.74 Å². The van der Waals surface area contributed by atoms with Gasteiger partial charge in [-0.1, -0.05) is 6.42 Å². The fourth-order valence-electron chi connectivity index (χ4n) is 3.25. The van der Waals surface area contributed by atoms with Gasteiger partial charge in [0.1, 0.15) is 0 Å². The molecule has 0 bridgehead atoms. The van der Waals surface area contributed by atoms with Crippen molar-refractivity contribution in [2.24, 2.45) is 11.8 Å². The molecule has 1 aliphatic carbocycles. The normalized spacial score (nSPS) is 31.9. The highest BCUT2D eigenvalue weighted by Gasteiger charge is 2.37. The van der Waals surface area contributed by atoms with E-state index < -0.39 is 0 Å². The second-order valence-electron chi connectivity index (χ2n) is 5.45. The Bertz CT molecular complexity index is 198. The molecule has 3 atom stereocenters. The first-order valence-corrected chi connectivity index (χ1v) is 6.75. The SMILES string of the molecule is COCCNCC(C)N1CC2CCCC2C1. The van der Waals surface area contributed by atoms with Gasteiger partial charge in [0.05, 0.1) is 6.61 Å². The first kappa shape index (κ1) is 12.3. The summed E-state index contributed by atoms with van der Waals surface area (Å²) >= 11 is 0. The van der Waals surface area contributed by atoms with Gasteiger partial charge in [-0.3, -0.25) is 4.90 Å². The lowest BCUT2D eigenvalue weighted by molar-refractivity contribution is 0.190. The topological polar surface area (TPSA) is 24.5 Å². The lowest BCUT2D eigenvalue weighted by Gasteiger charge is -2.25. The van der Waals surface area contributed by atoms with E-state index in [-0.39, 0.29) is 0 Å². The Balaban J connectivity index is 1.64. The summed E-state index contributed by atoms with van der Waals surface area (Å²) < 4.78 is 5.03. The van der Waals surface area contributed by atoms with E-state index in [2.05, 4.69) is 17.1 Å². The van der Waals surface area contributed by atoms with Crippen molar-refractivity contribution in [1.82, 2.24) is 10.2 Å². The number of nitrogens with zero attached hydrogens (tertiary/aromatic N) is 1. The van der Waals surface area contributed by atoms with Crippen LogP contribution in [-0.4, -0.2) is 50.8 Å². The third-order valence-electron chi connectivity index (χ3n) is 4.30. The smallest absolute Gasteiger partial charge is 0.0587 e. The average Bonchev–Trinajstić information content (AvgIpc) is 2.83. The van der Waals surface area contributed by atoms with E-state index in [0.29, 0.717) is 6.04 Å². The fraction of sp³-hybridized carbons (Fsp3) is 1.00. The third kappa shape index (κ3) is 2.96. The van der Waals surface area contributed by atoms with Crippen LogP contribution in [0.1, 0.15) is 26.2 Å². The zero-order chi connectivity index (χ0) is 11.4. The van der Waals surface area contributed by atoms with Gasteiger partial charge in [0.15, 0.2) is 0 Å². The highest BCUT2D eigenvalue weighted by Crippen LogP contribution is 2.38. The number of ether oxygens (including phenoxy) is 1. The largest absolute Gasteiger partial charge is 0.383 e. The number of hydrogen-bond acceptors (Lipinski definition) is 3. The molecule has 1 saturated carbocycles. The maximum atomic E-state index is 5.03. The molecular weight excluding hydrogens is 200 g/mol. The molecule has 3 heteroatoms. The molecule has 3 nitrogen and oxygen atoms in total. The first-order valence-electron chi connectivity index (χ1n) is 6.75. The molecular formula is C13H26N2O. The van der Waals surface area contributed by atoms with Crippen LogP contribution in [-0.2, 0) is 4.74 Å². The molecule has 16 heavy (non-hydrogen) atoms. The second-order valence-corrected chi connectivity index (χ2v) is 5.45. The van der Waals surface area contributed by atoms with E-state index in [4.69, 9.17) is 4.74 Å². The van der Waals surface area contributed by atoms with Gasteiger partial charge in [0, 0.05) is 39.3 Å². The van der Waals surface area contributed by atoms with Crippen LogP contribution in [0.15, 0.2) is 0 Å². The Morgan fingerprint density at radius 2 is 2.00 bits per heavy atom. The predicted octanol–water partition coefficient (Wildman–Crippen LogP) is 1.34. The molecule has 1 N–H and O–H groups in total. The minimum atomic E-state index is 0.683. The van der Waals surface area contributed by atoms with Gasteiger partial charge in [-0.05, 0) is 31.6 Å². The van der Waals surface area contributed by atoms with Crippen molar-refractivity contribution in [2.45, 2.75) is 32.2 Å². The van der Waals surface area contributed by atoms with Crippen LogP contribution in [0.3, 0.4) is 0 Å². The summed E-state index contributed by atoms with van der Waals surface area (Å²) in [4.78, 5) is 2.67. The Morgan fingerprint density at radius 1 is 1.31 bits per heavy atom. The minimum absolute atomic E-state index is 0.683. The highest BCUT2D eigenvalue weighted by molar-refractivity contribution is 4.90. The predicted molar refractivity (Wildman–Crippen MR) is 66.6 cm³/mol. The summed E-state index contributed by atoms with van der Waals surface area (Å²) in [5, 5.41) is 3.46. The van der Waals surface area contributed by atoms with Crippen molar-refractivity contribution in [3.05, 3.63) is 0 Å². The number of rotatable bonds is 6. The van der Waals surface area contributed by atoms with Crippen molar-refractivity contribution in [2.75, 3.05) is 39.9 Å². The summed E-state index contributed by atoms with van der Waals surface area (Å²) in [6.45, 7) is 7.93. The quantitative estimate of drug-likeness (QED) is 0.692. The molecule has 0 aromatic rings. The zero-order valence-electron chi connectivity index (χ0n) is 10.7. The van der Waals surface area contributed by atoms with Gasteiger partial charge in [-0.15, -0.1) is 0 Å². The number of methoxy groups -OCH3 is 1. The molecule has 0 amide bonds. The van der Waals surface area contributed by atoms with E-state index in [1.807, 2.05) is 0 Å². The molecule has 2 fully saturated rings. The van der Waals surface area contributed by atoms with E-state index in [9.17, 15) is 0 Å². The number of likely N-dealkylation sites (tertiary alicyclic amines) is 1. The molecule has 94 valence electrons. The summed E-state index contributed by atoms with van der Waals surface area (Å²) in [5.74, 6) is 2.03. The third-order valence-corrected chi connectivity index (χ3v) is 4.30. The van der Waals surface area contributed by atoms with Crippen LogP contribution < -0.4 is 5.32 Å². The standard InChI is InChI=1S/C13H26N2O/c1-11(8-14-6-7-16-2)15-9-12-4-3-5-13(12)10-15/h11-14H,3-10H2,1-2H3. The monoisotopic (exact) mass is 226 g/mol. The fourth-order valence-corrected chi connectivity index (χ4v) is 3.25. The molecule has 0 radical (unpaired) electrons. The molecule has 3 unspecified atom stereocenters. The molecule has 0 spiro atoms. The van der Waals surface area contributed by atoms with Crippen molar-refractivity contribution in [3.8, 4) is 0 Å². The van der Waals surface area contributed by atoms with Crippen LogP contribution in [0.4, 0.5) is 0 Å². The van der Waals surface area contributed by atoms with E-state index in [1.54, 1.807) is 7.11 Å². The van der Waals surface area contributed by atoms with Crippen molar-refractivity contribution in [1.29, 1.82) is 0 Å². The molecule has 1 aliphatic heterocycles. The van der Waals surface area contributed by atoms with Crippen molar-refractivity contribution in [3.63, 3.8) is 0 Å². The summed E-state index contributed by atoms with van der Waals surface area (Å²) in [5.41, 5.74) is 0. The van der Waals surface area contributed by atoms with Gasteiger partial charge in [-0.25, -0.2) is 0 Å². The summed E-state index contributed by atoms with van der Waals surface area (Å²) in [7, 11) is 1.76. The van der Waals surface area contributed by atoms with Crippen LogP contribution in [0.5, 0.6) is 0 Å². The summed E-state index contributed by atoms with van der Waals surface area (Å²) in [6.07, 6.45) is 4.43. The second kappa shape index (κ2) is 5.99.